The molecule has 0 aromatic heterocycles. The van der Waals surface area contributed by atoms with Crippen LogP contribution in [-0.2, 0) is 19.6 Å². The lowest BCUT2D eigenvalue weighted by Crippen LogP contribution is -2.52. The third-order valence-electron chi connectivity index (χ3n) is 5.73. The number of hydrogen-bond donors (Lipinski definition) is 2. The van der Waals surface area contributed by atoms with Crippen LogP contribution in [0.2, 0.25) is 0 Å². The molecule has 0 radical (unpaired) electrons. The summed E-state index contributed by atoms with van der Waals surface area (Å²) in [5.41, 5.74) is 1.96. The summed E-state index contributed by atoms with van der Waals surface area (Å²) in [5.74, 6) is -0.444. The zero-order valence-corrected chi connectivity index (χ0v) is 19.7. The van der Waals surface area contributed by atoms with E-state index in [1.165, 1.54) is 4.31 Å². The van der Waals surface area contributed by atoms with Gasteiger partial charge in [0.1, 0.15) is 0 Å². The molecule has 0 bridgehead atoms. The van der Waals surface area contributed by atoms with Gasteiger partial charge in [-0.05, 0) is 45.4 Å². The molecule has 2 N–H and O–H groups in total. The van der Waals surface area contributed by atoms with Crippen LogP contribution < -0.4 is 10.6 Å². The van der Waals surface area contributed by atoms with Crippen molar-refractivity contribution in [3.05, 3.63) is 41.1 Å². The van der Waals surface area contributed by atoms with Crippen molar-refractivity contribution in [1.82, 2.24) is 19.8 Å². The summed E-state index contributed by atoms with van der Waals surface area (Å²) in [6, 6.07) is 6.11. The SMILES string of the molecule is CCOC(=O)C1=C(CN2CCCN(S(=O)(=O)c3ccc(C)cc3)CC2)NC(=O)N[C@@H]1CC. The molecule has 3 rings (SSSR count). The maximum atomic E-state index is 13.1. The smallest absolute Gasteiger partial charge is 0.337 e. The van der Waals surface area contributed by atoms with Gasteiger partial charge in [-0.15, -0.1) is 0 Å². The molecule has 1 atom stereocenters. The first-order valence-electron chi connectivity index (χ1n) is 11.0. The molecular weight excluding hydrogens is 432 g/mol. The highest BCUT2D eigenvalue weighted by molar-refractivity contribution is 7.89. The summed E-state index contributed by atoms with van der Waals surface area (Å²) < 4.78 is 32.8. The number of ether oxygens (including phenoxy) is 1. The average Bonchev–Trinajstić information content (AvgIpc) is 3.00. The molecule has 1 aromatic carbocycles. The van der Waals surface area contributed by atoms with Crippen molar-refractivity contribution in [3.8, 4) is 0 Å². The quantitative estimate of drug-likeness (QED) is 0.594. The molecule has 2 amide bonds. The molecule has 2 heterocycles. The molecule has 0 spiro atoms. The molecule has 1 saturated heterocycles. The average molecular weight is 465 g/mol. The summed E-state index contributed by atoms with van der Waals surface area (Å²) in [4.78, 5) is 27.1. The van der Waals surface area contributed by atoms with Gasteiger partial charge in [0.15, 0.2) is 0 Å². The van der Waals surface area contributed by atoms with E-state index in [-0.39, 0.29) is 12.6 Å². The first-order valence-corrected chi connectivity index (χ1v) is 12.5. The molecular formula is C22H32N4O5S. The van der Waals surface area contributed by atoms with Crippen molar-refractivity contribution in [2.45, 2.75) is 44.6 Å². The maximum Gasteiger partial charge on any atom is 0.337 e. The van der Waals surface area contributed by atoms with Crippen LogP contribution in [0.5, 0.6) is 0 Å². The zero-order valence-electron chi connectivity index (χ0n) is 18.9. The molecule has 32 heavy (non-hydrogen) atoms. The zero-order chi connectivity index (χ0) is 23.3. The fourth-order valence-electron chi connectivity index (χ4n) is 4.02. The second-order valence-corrected chi connectivity index (χ2v) is 9.96. The first kappa shape index (κ1) is 24.2. The number of benzene rings is 1. The van der Waals surface area contributed by atoms with E-state index in [2.05, 4.69) is 15.5 Å². The molecule has 176 valence electrons. The van der Waals surface area contributed by atoms with Crippen LogP contribution in [0, 0.1) is 6.92 Å². The molecule has 0 aliphatic carbocycles. The van der Waals surface area contributed by atoms with Crippen molar-refractivity contribution in [3.63, 3.8) is 0 Å². The molecule has 1 fully saturated rings. The van der Waals surface area contributed by atoms with Gasteiger partial charge in [-0.25, -0.2) is 18.0 Å². The predicted octanol–water partition coefficient (Wildman–Crippen LogP) is 1.60. The minimum absolute atomic E-state index is 0.246. The summed E-state index contributed by atoms with van der Waals surface area (Å²) in [6.07, 6.45) is 1.21. The molecule has 0 saturated carbocycles. The van der Waals surface area contributed by atoms with Gasteiger partial charge in [-0.2, -0.15) is 4.31 Å². The second-order valence-electron chi connectivity index (χ2n) is 8.02. The summed E-state index contributed by atoms with van der Waals surface area (Å²) in [6.45, 7) is 8.04. The molecule has 1 aromatic rings. The number of nitrogens with zero attached hydrogens (tertiary/aromatic N) is 2. The third kappa shape index (κ3) is 5.48. The Labute approximate surface area is 189 Å². The maximum absolute atomic E-state index is 13.1. The number of carbonyl (C=O) groups is 2. The van der Waals surface area contributed by atoms with Gasteiger partial charge >= 0.3 is 12.0 Å². The third-order valence-corrected chi connectivity index (χ3v) is 7.65. The lowest BCUT2D eigenvalue weighted by Gasteiger charge is -2.31. The van der Waals surface area contributed by atoms with Crippen LogP contribution in [0.1, 0.15) is 32.3 Å². The van der Waals surface area contributed by atoms with E-state index in [9.17, 15) is 18.0 Å². The van der Waals surface area contributed by atoms with Crippen LogP contribution in [0.25, 0.3) is 0 Å². The number of aryl methyl sites for hydroxylation is 1. The number of carbonyl (C=O) groups excluding carboxylic acids is 2. The number of amides is 2. The van der Waals surface area contributed by atoms with E-state index in [0.717, 1.165) is 5.56 Å². The Kier molecular flexibility index (Phi) is 7.91. The highest BCUT2D eigenvalue weighted by Crippen LogP contribution is 2.21. The van der Waals surface area contributed by atoms with Gasteiger partial charge < -0.3 is 15.4 Å². The summed E-state index contributed by atoms with van der Waals surface area (Å²) in [5, 5.41) is 5.53. The van der Waals surface area contributed by atoms with E-state index in [4.69, 9.17) is 4.74 Å². The molecule has 10 heteroatoms. The van der Waals surface area contributed by atoms with E-state index in [1.54, 1.807) is 31.2 Å². The van der Waals surface area contributed by atoms with Gasteiger partial charge in [0.05, 0.1) is 23.1 Å². The minimum Gasteiger partial charge on any atom is -0.463 e. The lowest BCUT2D eigenvalue weighted by molar-refractivity contribution is -0.139. The number of esters is 1. The summed E-state index contributed by atoms with van der Waals surface area (Å²) >= 11 is 0. The van der Waals surface area contributed by atoms with Crippen LogP contribution in [0.4, 0.5) is 4.79 Å². The van der Waals surface area contributed by atoms with Crippen LogP contribution >= 0.6 is 0 Å². The Morgan fingerprint density at radius 3 is 2.50 bits per heavy atom. The van der Waals surface area contributed by atoms with Crippen LogP contribution in [0.3, 0.4) is 0 Å². The minimum atomic E-state index is -3.57. The Hall–Kier alpha value is -2.43. The van der Waals surface area contributed by atoms with E-state index < -0.39 is 22.0 Å². The van der Waals surface area contributed by atoms with E-state index >= 15 is 0 Å². The van der Waals surface area contributed by atoms with Gasteiger partial charge in [0.25, 0.3) is 0 Å². The summed E-state index contributed by atoms with van der Waals surface area (Å²) in [7, 11) is -3.57. The largest absolute Gasteiger partial charge is 0.463 e. The lowest BCUT2D eigenvalue weighted by atomic mass is 10.00. The second kappa shape index (κ2) is 10.5. The highest BCUT2D eigenvalue weighted by atomic mass is 32.2. The van der Waals surface area contributed by atoms with Crippen LogP contribution in [-0.4, -0.2) is 75.0 Å². The predicted molar refractivity (Wildman–Crippen MR) is 120 cm³/mol. The Morgan fingerprint density at radius 1 is 1.12 bits per heavy atom. The Balaban J connectivity index is 1.76. The number of nitrogens with one attached hydrogen (secondary N) is 2. The van der Waals surface area contributed by atoms with Crippen molar-refractivity contribution in [1.29, 1.82) is 0 Å². The van der Waals surface area contributed by atoms with Gasteiger partial charge in [-0.1, -0.05) is 24.6 Å². The van der Waals surface area contributed by atoms with Crippen molar-refractivity contribution >= 4 is 22.0 Å². The standard InChI is InChI=1S/C22H32N4O5S/c1-4-18-20(21(27)31-5-2)19(24-22(28)23-18)15-25-11-6-12-26(14-13-25)32(29,30)17-9-7-16(3)8-10-17/h7-10,18H,4-6,11-15H2,1-3H3,(H2,23,24,28)/t18-/m1/s1. The topological polar surface area (TPSA) is 108 Å². The molecule has 0 unspecified atom stereocenters. The van der Waals surface area contributed by atoms with E-state index in [1.807, 2.05) is 13.8 Å². The van der Waals surface area contributed by atoms with E-state index in [0.29, 0.717) is 61.7 Å². The van der Waals surface area contributed by atoms with Gasteiger partial charge in [0, 0.05) is 31.9 Å². The van der Waals surface area contributed by atoms with Crippen LogP contribution in [0.15, 0.2) is 40.4 Å². The van der Waals surface area contributed by atoms with Crippen molar-refractivity contribution in [2.24, 2.45) is 0 Å². The fourth-order valence-corrected chi connectivity index (χ4v) is 5.48. The fraction of sp³-hybridized carbons (Fsp3) is 0.545. The first-order chi connectivity index (χ1) is 15.3. The normalized spacial score (nSPS) is 21.0. The number of hydrogen-bond acceptors (Lipinski definition) is 6. The number of rotatable bonds is 7. The van der Waals surface area contributed by atoms with Crippen molar-refractivity contribution in [2.75, 3.05) is 39.3 Å². The van der Waals surface area contributed by atoms with Gasteiger partial charge in [0.2, 0.25) is 10.0 Å². The molecule has 9 nitrogen and oxygen atoms in total. The molecule has 2 aliphatic rings. The Morgan fingerprint density at radius 2 is 1.84 bits per heavy atom. The van der Waals surface area contributed by atoms with Gasteiger partial charge in [-0.3, -0.25) is 4.90 Å². The highest BCUT2D eigenvalue weighted by Gasteiger charge is 2.33. The monoisotopic (exact) mass is 464 g/mol. The number of sulfonamides is 1. The Bertz CT molecular complexity index is 975. The molecule has 2 aliphatic heterocycles. The van der Waals surface area contributed by atoms with Crippen molar-refractivity contribution < 1.29 is 22.7 Å². The number of urea groups is 1.